The molecule has 2 aliphatic heterocycles. The van der Waals surface area contributed by atoms with Gasteiger partial charge in [0.05, 0.1) is 13.2 Å². The molecule has 0 aliphatic carbocycles. The van der Waals surface area contributed by atoms with Crippen LogP contribution in [0.4, 0.5) is 10.5 Å². The van der Waals surface area contributed by atoms with Gasteiger partial charge in [-0.1, -0.05) is 54.1 Å². The van der Waals surface area contributed by atoms with Gasteiger partial charge in [0.25, 0.3) is 5.91 Å². The van der Waals surface area contributed by atoms with Gasteiger partial charge in [-0.15, -0.1) is 0 Å². The number of carbonyl (C=O) groups excluding carboxylic acids is 4. The van der Waals surface area contributed by atoms with Crippen LogP contribution in [-0.2, 0) is 27.3 Å². The van der Waals surface area contributed by atoms with Crippen LogP contribution in [-0.4, -0.2) is 71.9 Å². The zero-order valence-corrected chi connectivity index (χ0v) is 24.6. The Morgan fingerprint density at radius 1 is 0.977 bits per heavy atom. The molecule has 2 heterocycles. The van der Waals surface area contributed by atoms with Crippen molar-refractivity contribution in [2.24, 2.45) is 5.73 Å². The molecule has 3 aromatic rings. The Kier molecular flexibility index (Phi) is 8.98. The number of urea groups is 1. The molecule has 0 unspecified atom stereocenters. The molecule has 224 valence electrons. The number of piperidine rings is 1. The number of carbonyl (C=O) groups is 4. The number of benzene rings is 3. The minimum atomic E-state index is -1.22. The normalized spacial score (nSPS) is 16.9. The van der Waals surface area contributed by atoms with Crippen molar-refractivity contribution in [1.82, 2.24) is 15.1 Å². The van der Waals surface area contributed by atoms with Crippen molar-refractivity contribution in [3.05, 3.63) is 95.0 Å². The molecule has 0 saturated carbocycles. The lowest BCUT2D eigenvalue weighted by atomic mass is 9.85. The first-order valence-electron chi connectivity index (χ1n) is 14.1. The van der Waals surface area contributed by atoms with Gasteiger partial charge in [0, 0.05) is 30.3 Å². The predicted molar refractivity (Wildman–Crippen MR) is 163 cm³/mol. The van der Waals surface area contributed by atoms with E-state index < -0.39 is 36.0 Å². The Balaban J connectivity index is 1.29. The van der Waals surface area contributed by atoms with E-state index in [4.69, 9.17) is 22.1 Å². The van der Waals surface area contributed by atoms with Crippen molar-refractivity contribution in [3.8, 4) is 5.75 Å². The molecule has 43 heavy (non-hydrogen) atoms. The van der Waals surface area contributed by atoms with E-state index in [2.05, 4.69) is 5.32 Å². The summed E-state index contributed by atoms with van der Waals surface area (Å²) < 4.78 is 5.23. The Hall–Kier alpha value is -4.41. The first-order chi connectivity index (χ1) is 20.7. The van der Waals surface area contributed by atoms with Gasteiger partial charge in [0.2, 0.25) is 11.8 Å². The summed E-state index contributed by atoms with van der Waals surface area (Å²) in [6.45, 7) is 0.283. The van der Waals surface area contributed by atoms with Crippen LogP contribution in [0.15, 0.2) is 78.9 Å². The average molecular weight is 604 g/mol. The van der Waals surface area contributed by atoms with Crippen LogP contribution >= 0.6 is 11.6 Å². The highest BCUT2D eigenvalue weighted by atomic mass is 35.5. The molecule has 5 rings (SSSR count). The number of imide groups is 1. The van der Waals surface area contributed by atoms with Crippen molar-refractivity contribution in [2.45, 2.75) is 37.4 Å². The monoisotopic (exact) mass is 603 g/mol. The molecule has 2 aliphatic rings. The third-order valence-corrected chi connectivity index (χ3v) is 8.27. The van der Waals surface area contributed by atoms with E-state index in [1.54, 1.807) is 60.5 Å². The zero-order chi connectivity index (χ0) is 30.6. The quantitative estimate of drug-likeness (QED) is 0.361. The van der Waals surface area contributed by atoms with Gasteiger partial charge in [0.15, 0.2) is 0 Å². The third kappa shape index (κ3) is 6.35. The maximum absolute atomic E-state index is 14.0. The fraction of sp³-hybridized carbons (Fsp3) is 0.312. The predicted octanol–water partition coefficient (Wildman–Crippen LogP) is 3.36. The summed E-state index contributed by atoms with van der Waals surface area (Å²) in [5, 5.41) is 3.39. The molecular weight excluding hydrogens is 570 g/mol. The number of nitrogens with one attached hydrogen (secondary N) is 1. The van der Waals surface area contributed by atoms with Crippen LogP contribution in [0.25, 0.3) is 0 Å². The molecule has 0 bridgehead atoms. The Labute approximate surface area is 255 Å². The summed E-state index contributed by atoms with van der Waals surface area (Å²) in [6.07, 6.45) is 0.783. The van der Waals surface area contributed by atoms with Gasteiger partial charge >= 0.3 is 6.03 Å². The summed E-state index contributed by atoms with van der Waals surface area (Å²) in [5.74, 6) is -0.472. The van der Waals surface area contributed by atoms with Crippen LogP contribution < -0.4 is 20.7 Å². The summed E-state index contributed by atoms with van der Waals surface area (Å²) in [7, 11) is 1.56. The first-order valence-corrected chi connectivity index (χ1v) is 14.5. The molecular formula is C32H34ClN5O5. The SMILES string of the molecule is COc1cccc(CNC(=O)CN2C(=O)N(c3ccccc3)C3(CCN(C(=O)[C@H](N)Cc4ccc(Cl)cc4)CC3)C2=O)c1. The van der Waals surface area contributed by atoms with E-state index in [-0.39, 0.29) is 38.4 Å². The van der Waals surface area contributed by atoms with Crippen LogP contribution in [0, 0.1) is 0 Å². The van der Waals surface area contributed by atoms with E-state index in [0.717, 1.165) is 16.0 Å². The van der Waals surface area contributed by atoms with Gasteiger partial charge in [-0.05, 0) is 66.8 Å². The Morgan fingerprint density at radius 3 is 2.35 bits per heavy atom. The van der Waals surface area contributed by atoms with Gasteiger partial charge < -0.3 is 20.7 Å². The van der Waals surface area contributed by atoms with E-state index in [0.29, 0.717) is 22.9 Å². The van der Waals surface area contributed by atoms with Crippen LogP contribution in [0.3, 0.4) is 0 Å². The molecule has 3 N–H and O–H groups in total. The van der Waals surface area contributed by atoms with Crippen molar-refractivity contribution in [3.63, 3.8) is 0 Å². The fourth-order valence-electron chi connectivity index (χ4n) is 5.72. The largest absolute Gasteiger partial charge is 0.497 e. The number of anilines is 1. The molecule has 3 aromatic carbocycles. The number of nitrogens with two attached hydrogens (primary N) is 1. The van der Waals surface area contributed by atoms with Crippen molar-refractivity contribution in [1.29, 1.82) is 0 Å². The summed E-state index contributed by atoms with van der Waals surface area (Å²) >= 11 is 5.97. The second-order valence-electron chi connectivity index (χ2n) is 10.8. The highest BCUT2D eigenvalue weighted by molar-refractivity contribution is 6.30. The van der Waals surface area contributed by atoms with Gasteiger partial charge in [0.1, 0.15) is 17.8 Å². The standard InChI is InChI=1S/C32H34ClN5O5/c1-43-26-9-5-6-23(18-26)20-35-28(39)21-37-30(41)32(38(31(37)42)25-7-3-2-4-8-25)14-16-36(17-15-32)29(40)27(34)19-22-10-12-24(33)13-11-22/h2-13,18,27H,14-17,19-21,34H2,1H3,(H,35,39)/t27-/m1/s1. The summed E-state index contributed by atoms with van der Waals surface area (Å²) in [6, 6.07) is 22.1. The number of nitrogens with zero attached hydrogens (tertiary/aromatic N) is 3. The molecule has 2 saturated heterocycles. The van der Waals surface area contributed by atoms with E-state index in [9.17, 15) is 19.2 Å². The maximum Gasteiger partial charge on any atom is 0.332 e. The van der Waals surface area contributed by atoms with Crippen LogP contribution in [0.1, 0.15) is 24.0 Å². The molecule has 1 spiro atoms. The Bertz CT molecular complexity index is 1490. The molecule has 0 aromatic heterocycles. The number of methoxy groups -OCH3 is 1. The topological polar surface area (TPSA) is 125 Å². The number of ether oxygens (including phenoxy) is 1. The van der Waals surface area contributed by atoms with Crippen LogP contribution in [0.2, 0.25) is 5.02 Å². The van der Waals surface area contributed by atoms with Crippen molar-refractivity contribution >= 4 is 41.0 Å². The molecule has 0 radical (unpaired) electrons. The van der Waals surface area contributed by atoms with E-state index >= 15 is 0 Å². The lowest BCUT2D eigenvalue weighted by Gasteiger charge is -2.42. The first kappa shape index (κ1) is 30.1. The third-order valence-electron chi connectivity index (χ3n) is 8.02. The van der Waals surface area contributed by atoms with E-state index in [1.807, 2.05) is 30.3 Å². The molecule has 10 nitrogen and oxygen atoms in total. The highest BCUT2D eigenvalue weighted by Gasteiger charge is 2.59. The number of halogens is 1. The number of amides is 5. The second-order valence-corrected chi connectivity index (χ2v) is 11.2. The minimum absolute atomic E-state index is 0.215. The molecule has 11 heteroatoms. The van der Waals surface area contributed by atoms with Gasteiger partial charge in [-0.2, -0.15) is 0 Å². The van der Waals surface area contributed by atoms with Crippen molar-refractivity contribution < 1.29 is 23.9 Å². The maximum atomic E-state index is 14.0. The molecule has 1 atom stereocenters. The highest BCUT2D eigenvalue weighted by Crippen LogP contribution is 2.40. The second kappa shape index (κ2) is 12.8. The summed E-state index contributed by atoms with van der Waals surface area (Å²) in [4.78, 5) is 58.1. The fourth-order valence-corrected chi connectivity index (χ4v) is 5.85. The average Bonchev–Trinajstić information content (AvgIpc) is 3.22. The zero-order valence-electron chi connectivity index (χ0n) is 23.9. The number of hydrogen-bond acceptors (Lipinski definition) is 6. The molecule has 2 fully saturated rings. The number of hydrogen-bond donors (Lipinski definition) is 2. The number of likely N-dealkylation sites (tertiary alicyclic amines) is 1. The number of para-hydroxylation sites is 1. The van der Waals surface area contributed by atoms with Gasteiger partial charge in [-0.3, -0.25) is 24.2 Å². The lowest BCUT2D eigenvalue weighted by molar-refractivity contribution is -0.139. The van der Waals surface area contributed by atoms with Gasteiger partial charge in [-0.25, -0.2) is 4.79 Å². The smallest absolute Gasteiger partial charge is 0.332 e. The summed E-state index contributed by atoms with van der Waals surface area (Å²) in [5.41, 5.74) is 7.33. The van der Waals surface area contributed by atoms with Crippen LogP contribution in [0.5, 0.6) is 5.75 Å². The molecule has 5 amide bonds. The minimum Gasteiger partial charge on any atom is -0.497 e. The van der Waals surface area contributed by atoms with Crippen molar-refractivity contribution in [2.75, 3.05) is 31.6 Å². The lowest BCUT2D eigenvalue weighted by Crippen LogP contribution is -2.59. The Morgan fingerprint density at radius 2 is 1.67 bits per heavy atom. The van der Waals surface area contributed by atoms with E-state index in [1.165, 1.54) is 4.90 Å². The number of rotatable bonds is 9.